The highest BCUT2D eigenvalue weighted by Gasteiger charge is 2.41. The van der Waals surface area contributed by atoms with Crippen LogP contribution >= 0.6 is 0 Å². The molecule has 1 aromatic heterocycles. The Balaban J connectivity index is 1.65. The number of hydrogen-bond donors (Lipinski definition) is 3. The van der Waals surface area contributed by atoms with Crippen molar-refractivity contribution in [2.45, 2.75) is 37.8 Å². The van der Waals surface area contributed by atoms with Gasteiger partial charge in [0.05, 0.1) is 12.5 Å². The van der Waals surface area contributed by atoms with Crippen molar-refractivity contribution in [3.63, 3.8) is 0 Å². The van der Waals surface area contributed by atoms with E-state index in [2.05, 4.69) is 46.6 Å². The van der Waals surface area contributed by atoms with Crippen LogP contribution in [0.5, 0.6) is 0 Å². The number of fused-ring (bicyclic) bond motifs is 2. The van der Waals surface area contributed by atoms with Crippen LogP contribution in [-0.2, 0) is 11.2 Å². The molecule has 1 amide bonds. The van der Waals surface area contributed by atoms with Gasteiger partial charge in [-0.25, -0.2) is 0 Å². The highest BCUT2D eigenvalue weighted by Crippen LogP contribution is 2.44. The predicted molar refractivity (Wildman–Crippen MR) is 94.0 cm³/mol. The minimum absolute atomic E-state index is 0.0215. The first-order valence-electron chi connectivity index (χ1n) is 8.78. The number of rotatable bonds is 3. The Morgan fingerprint density at radius 2 is 2.33 bits per heavy atom. The van der Waals surface area contributed by atoms with E-state index >= 15 is 0 Å². The largest absolute Gasteiger partial charge is 0.394 e. The van der Waals surface area contributed by atoms with Crippen molar-refractivity contribution >= 4 is 16.8 Å². The van der Waals surface area contributed by atoms with E-state index in [-0.39, 0.29) is 24.5 Å². The van der Waals surface area contributed by atoms with Gasteiger partial charge in [-0.05, 0) is 44.0 Å². The average molecular weight is 327 g/mol. The number of carbonyl (C=O) groups excluding carboxylic acids is 1. The third-order valence-corrected chi connectivity index (χ3v) is 5.76. The van der Waals surface area contributed by atoms with Crippen molar-refractivity contribution in [2.75, 3.05) is 20.2 Å². The molecule has 3 N–H and O–H groups in total. The van der Waals surface area contributed by atoms with Crippen LogP contribution in [0.25, 0.3) is 10.9 Å². The molecule has 1 aliphatic carbocycles. The number of likely N-dealkylation sites (tertiary alicyclic amines) is 1. The molecular weight excluding hydrogens is 302 g/mol. The summed E-state index contributed by atoms with van der Waals surface area (Å²) in [5, 5.41) is 13.5. The second-order valence-corrected chi connectivity index (χ2v) is 7.43. The van der Waals surface area contributed by atoms with Gasteiger partial charge in [-0.2, -0.15) is 0 Å². The van der Waals surface area contributed by atoms with Crippen LogP contribution in [0.1, 0.15) is 30.4 Å². The summed E-state index contributed by atoms with van der Waals surface area (Å²) in [6.07, 6.45) is 4.06. The Bertz CT molecular complexity index is 769. The standard InChI is InChI=1S/C19H25N3O2/c1-11(10-23)21-19(24)13-6-15-14-4-3-5-16-18(14)12(8-20-16)7-17(15)22(2)9-13/h3-5,8,11,13,15,17,20,23H,6-7,9-10H2,1-2H3,(H,21,24)/t11-,13-,15+,17-/m1/s1. The monoisotopic (exact) mass is 327 g/mol. The molecule has 2 heterocycles. The minimum atomic E-state index is -0.188. The zero-order valence-corrected chi connectivity index (χ0v) is 14.2. The zero-order chi connectivity index (χ0) is 16.8. The number of aliphatic hydroxyl groups is 1. The van der Waals surface area contributed by atoms with Gasteiger partial charge in [-0.1, -0.05) is 12.1 Å². The SMILES string of the molecule is C[C@H](CO)NC(=O)[C@@H]1C[C@H]2c3cccc4[nH]cc(c34)C[C@H]2N(C)C1. The Kier molecular flexibility index (Phi) is 3.85. The Morgan fingerprint density at radius 1 is 1.50 bits per heavy atom. The smallest absolute Gasteiger partial charge is 0.224 e. The molecular formula is C19H25N3O2. The molecule has 0 unspecified atom stereocenters. The first kappa shape index (κ1) is 15.7. The molecule has 2 aromatic rings. The van der Waals surface area contributed by atoms with Crippen LogP contribution in [0.4, 0.5) is 0 Å². The van der Waals surface area contributed by atoms with Crippen molar-refractivity contribution in [3.8, 4) is 0 Å². The van der Waals surface area contributed by atoms with E-state index in [1.54, 1.807) is 0 Å². The summed E-state index contributed by atoms with van der Waals surface area (Å²) in [4.78, 5) is 18.3. The summed E-state index contributed by atoms with van der Waals surface area (Å²) >= 11 is 0. The van der Waals surface area contributed by atoms with Crippen LogP contribution in [-0.4, -0.2) is 53.2 Å². The van der Waals surface area contributed by atoms with Gasteiger partial charge < -0.3 is 20.3 Å². The molecule has 1 saturated heterocycles. The molecule has 0 saturated carbocycles. The lowest BCUT2D eigenvalue weighted by molar-refractivity contribution is -0.128. The molecule has 1 aliphatic heterocycles. The van der Waals surface area contributed by atoms with E-state index in [4.69, 9.17) is 0 Å². The summed E-state index contributed by atoms with van der Waals surface area (Å²) in [6.45, 7) is 2.59. The number of H-pyrrole nitrogens is 1. The lowest BCUT2D eigenvalue weighted by Crippen LogP contribution is -2.52. The molecule has 0 bridgehead atoms. The van der Waals surface area contributed by atoms with Crippen LogP contribution in [0, 0.1) is 5.92 Å². The summed E-state index contributed by atoms with van der Waals surface area (Å²) in [7, 11) is 2.13. The molecule has 5 heteroatoms. The van der Waals surface area contributed by atoms with Crippen LogP contribution in [0.2, 0.25) is 0 Å². The van der Waals surface area contributed by atoms with Crippen LogP contribution in [0.15, 0.2) is 24.4 Å². The third-order valence-electron chi connectivity index (χ3n) is 5.76. The molecule has 1 fully saturated rings. The molecule has 1 aromatic carbocycles. The molecule has 2 aliphatic rings. The fourth-order valence-corrected chi connectivity index (χ4v) is 4.54. The van der Waals surface area contributed by atoms with Crippen molar-refractivity contribution in [1.82, 2.24) is 15.2 Å². The number of likely N-dealkylation sites (N-methyl/N-ethyl adjacent to an activating group) is 1. The van der Waals surface area contributed by atoms with Gasteiger partial charge in [-0.15, -0.1) is 0 Å². The lowest BCUT2D eigenvalue weighted by Gasteiger charge is -2.45. The normalized spacial score (nSPS) is 27.7. The van der Waals surface area contributed by atoms with Crippen LogP contribution < -0.4 is 5.32 Å². The topological polar surface area (TPSA) is 68.4 Å². The van der Waals surface area contributed by atoms with E-state index in [1.165, 1.54) is 22.0 Å². The number of hydrogen-bond acceptors (Lipinski definition) is 3. The van der Waals surface area contributed by atoms with Gasteiger partial charge >= 0.3 is 0 Å². The van der Waals surface area contributed by atoms with E-state index in [0.717, 1.165) is 19.4 Å². The summed E-state index contributed by atoms with van der Waals surface area (Å²) in [5.41, 5.74) is 3.97. The van der Waals surface area contributed by atoms with Crippen molar-refractivity contribution in [2.24, 2.45) is 5.92 Å². The minimum Gasteiger partial charge on any atom is -0.394 e. The number of aromatic nitrogens is 1. The van der Waals surface area contributed by atoms with Crippen molar-refractivity contribution in [1.29, 1.82) is 0 Å². The van der Waals surface area contributed by atoms with Gasteiger partial charge in [0, 0.05) is 41.6 Å². The van der Waals surface area contributed by atoms with Gasteiger partial charge in [0.1, 0.15) is 0 Å². The molecule has 24 heavy (non-hydrogen) atoms. The number of benzene rings is 1. The van der Waals surface area contributed by atoms with Crippen molar-refractivity contribution < 1.29 is 9.90 Å². The van der Waals surface area contributed by atoms with Gasteiger partial charge in [0.25, 0.3) is 0 Å². The highest BCUT2D eigenvalue weighted by molar-refractivity contribution is 5.88. The number of piperidine rings is 1. The first-order valence-corrected chi connectivity index (χ1v) is 8.78. The molecule has 0 spiro atoms. The molecule has 128 valence electrons. The first-order chi connectivity index (χ1) is 11.6. The maximum atomic E-state index is 12.6. The highest BCUT2D eigenvalue weighted by atomic mass is 16.3. The quantitative estimate of drug-likeness (QED) is 0.802. The number of carbonyl (C=O) groups is 1. The van der Waals surface area contributed by atoms with Gasteiger partial charge in [0.2, 0.25) is 5.91 Å². The average Bonchev–Trinajstić information content (AvgIpc) is 3.00. The lowest BCUT2D eigenvalue weighted by atomic mass is 9.72. The predicted octanol–water partition coefficient (Wildman–Crippen LogP) is 1.62. The number of amides is 1. The fraction of sp³-hybridized carbons (Fsp3) is 0.526. The fourth-order valence-electron chi connectivity index (χ4n) is 4.54. The van der Waals surface area contributed by atoms with E-state index < -0.39 is 0 Å². The number of nitrogens with zero attached hydrogens (tertiary/aromatic N) is 1. The van der Waals surface area contributed by atoms with E-state index in [9.17, 15) is 9.90 Å². The number of nitrogens with one attached hydrogen (secondary N) is 2. The summed E-state index contributed by atoms with van der Waals surface area (Å²) < 4.78 is 0. The number of aromatic amines is 1. The zero-order valence-electron chi connectivity index (χ0n) is 14.2. The third kappa shape index (κ3) is 2.43. The maximum Gasteiger partial charge on any atom is 0.224 e. The van der Waals surface area contributed by atoms with Gasteiger partial charge in [0.15, 0.2) is 0 Å². The Labute approximate surface area is 142 Å². The number of aliphatic hydroxyl groups excluding tert-OH is 1. The van der Waals surface area contributed by atoms with Crippen molar-refractivity contribution in [3.05, 3.63) is 35.5 Å². The molecule has 0 radical (unpaired) electrons. The van der Waals surface area contributed by atoms with E-state index in [1.807, 2.05) is 6.92 Å². The Hall–Kier alpha value is -1.85. The second-order valence-electron chi connectivity index (χ2n) is 7.43. The maximum absolute atomic E-state index is 12.6. The summed E-state index contributed by atoms with van der Waals surface area (Å²) in [5.74, 6) is 0.422. The van der Waals surface area contributed by atoms with Gasteiger partial charge in [-0.3, -0.25) is 4.79 Å². The molecule has 4 rings (SSSR count). The van der Waals surface area contributed by atoms with Crippen LogP contribution in [0.3, 0.4) is 0 Å². The Morgan fingerprint density at radius 3 is 3.12 bits per heavy atom. The molecule has 4 atom stereocenters. The summed E-state index contributed by atoms with van der Waals surface area (Å²) in [6, 6.07) is 6.73. The van der Waals surface area contributed by atoms with E-state index in [0.29, 0.717) is 12.0 Å². The second kappa shape index (κ2) is 5.90. The molecule has 5 nitrogen and oxygen atoms in total.